The molecule has 0 aromatic rings. The Morgan fingerprint density at radius 2 is 1.77 bits per heavy atom. The van der Waals surface area contributed by atoms with Crippen molar-refractivity contribution >= 4 is 5.78 Å². The van der Waals surface area contributed by atoms with Crippen molar-refractivity contribution in [1.29, 1.82) is 0 Å². The molecular formula is C21H30O. The monoisotopic (exact) mass is 298 g/mol. The third-order valence-corrected chi connectivity index (χ3v) is 7.74. The molecule has 0 radical (unpaired) electrons. The summed E-state index contributed by atoms with van der Waals surface area (Å²) in [5.41, 5.74) is 2.53. The van der Waals surface area contributed by atoms with Crippen LogP contribution in [0.5, 0.6) is 0 Å². The summed E-state index contributed by atoms with van der Waals surface area (Å²) in [5, 5.41) is 0. The molecular weight excluding hydrogens is 268 g/mol. The van der Waals surface area contributed by atoms with E-state index in [0.717, 1.165) is 30.6 Å². The molecule has 0 heterocycles. The largest absolute Gasteiger partial charge is 0.295 e. The molecule has 3 fully saturated rings. The molecule has 4 aliphatic carbocycles. The van der Waals surface area contributed by atoms with Crippen molar-refractivity contribution in [3.05, 3.63) is 11.6 Å². The van der Waals surface area contributed by atoms with Crippen molar-refractivity contribution in [3.63, 3.8) is 0 Å². The molecule has 1 nitrogen and oxygen atoms in total. The van der Waals surface area contributed by atoms with Crippen LogP contribution >= 0.6 is 0 Å². The summed E-state index contributed by atoms with van der Waals surface area (Å²) in [7, 11) is 0. The zero-order valence-electron chi connectivity index (χ0n) is 14.2. The highest BCUT2D eigenvalue weighted by atomic mass is 16.1. The van der Waals surface area contributed by atoms with E-state index in [4.69, 9.17) is 0 Å². The van der Waals surface area contributed by atoms with Gasteiger partial charge in [-0.2, -0.15) is 0 Å². The van der Waals surface area contributed by atoms with Gasteiger partial charge in [-0.15, -0.1) is 12.8 Å². The number of terminal acetylenes is 1. The lowest BCUT2D eigenvalue weighted by Crippen LogP contribution is -2.49. The summed E-state index contributed by atoms with van der Waals surface area (Å²) < 4.78 is 0. The van der Waals surface area contributed by atoms with Gasteiger partial charge in [0, 0.05) is 6.42 Å². The minimum atomic E-state index is 0.362. The highest BCUT2D eigenvalue weighted by Crippen LogP contribution is 2.65. The van der Waals surface area contributed by atoms with Crippen LogP contribution in [0.3, 0.4) is 0 Å². The minimum absolute atomic E-state index is 0.362. The lowest BCUT2D eigenvalue weighted by molar-refractivity contribution is -0.117. The lowest BCUT2D eigenvalue weighted by Gasteiger charge is -2.57. The Morgan fingerprint density at radius 3 is 2.55 bits per heavy atom. The predicted molar refractivity (Wildman–Crippen MR) is 91.2 cm³/mol. The molecule has 0 saturated heterocycles. The molecule has 0 amide bonds. The molecule has 1 heteroatoms. The number of hydrogen-bond acceptors (Lipinski definition) is 1. The Bertz CT molecular complexity index is 513. The molecule has 0 N–H and O–H groups in total. The van der Waals surface area contributed by atoms with Gasteiger partial charge in [0.2, 0.25) is 0 Å². The smallest absolute Gasteiger partial charge is 0.155 e. The molecule has 0 aromatic heterocycles. The molecule has 4 rings (SSSR count). The van der Waals surface area contributed by atoms with Crippen molar-refractivity contribution < 1.29 is 4.79 Å². The Kier molecular flexibility index (Phi) is 4.00. The molecule has 3 saturated carbocycles. The summed E-state index contributed by atoms with van der Waals surface area (Å²) in [6.07, 6.45) is 21.8. The fourth-order valence-electron chi connectivity index (χ4n) is 6.55. The Hall–Kier alpha value is -1.03. The molecule has 0 spiro atoms. The second-order valence-corrected chi connectivity index (χ2v) is 8.55. The summed E-state index contributed by atoms with van der Waals surface area (Å²) in [4.78, 5) is 11.8. The van der Waals surface area contributed by atoms with Crippen molar-refractivity contribution in [2.24, 2.45) is 28.6 Å². The van der Waals surface area contributed by atoms with E-state index in [1.807, 2.05) is 6.08 Å². The molecule has 5 unspecified atom stereocenters. The van der Waals surface area contributed by atoms with Crippen LogP contribution in [0.15, 0.2) is 11.6 Å². The van der Waals surface area contributed by atoms with Crippen molar-refractivity contribution in [3.8, 4) is 12.8 Å². The van der Waals surface area contributed by atoms with Crippen LogP contribution in [0.2, 0.25) is 0 Å². The van der Waals surface area contributed by atoms with E-state index in [9.17, 15) is 4.79 Å². The molecule has 0 aromatic carbocycles. The van der Waals surface area contributed by atoms with E-state index in [1.165, 1.54) is 50.5 Å². The number of carbonyl (C=O) groups excluding carboxylic acids is 1. The van der Waals surface area contributed by atoms with Gasteiger partial charge in [-0.05, 0) is 79.6 Å². The van der Waals surface area contributed by atoms with Crippen LogP contribution in [-0.4, -0.2) is 5.78 Å². The van der Waals surface area contributed by atoms with Crippen LogP contribution in [0.1, 0.15) is 71.6 Å². The van der Waals surface area contributed by atoms with Crippen molar-refractivity contribution in [2.75, 3.05) is 0 Å². The van der Waals surface area contributed by atoms with Gasteiger partial charge in [-0.3, -0.25) is 4.79 Å². The predicted octanol–water partition coefficient (Wildman–Crippen LogP) is 5.16. The topological polar surface area (TPSA) is 17.1 Å². The quantitative estimate of drug-likeness (QED) is 0.565. The summed E-state index contributed by atoms with van der Waals surface area (Å²) in [5.74, 6) is 3.19. The molecule has 22 heavy (non-hydrogen) atoms. The Labute approximate surface area is 135 Å². The van der Waals surface area contributed by atoms with Crippen molar-refractivity contribution in [1.82, 2.24) is 0 Å². The van der Waals surface area contributed by atoms with E-state index in [-0.39, 0.29) is 0 Å². The maximum Gasteiger partial charge on any atom is 0.155 e. The van der Waals surface area contributed by atoms with Crippen LogP contribution in [0.25, 0.3) is 0 Å². The van der Waals surface area contributed by atoms with E-state index < -0.39 is 0 Å². The average molecular weight is 298 g/mol. The fraction of sp³-hybridized carbons (Fsp3) is 0.762. The van der Waals surface area contributed by atoms with Gasteiger partial charge < -0.3 is 0 Å². The zero-order valence-corrected chi connectivity index (χ0v) is 14.2. The fourth-order valence-corrected chi connectivity index (χ4v) is 6.55. The number of rotatable bonds is 0. The third-order valence-electron chi connectivity index (χ3n) is 7.74. The van der Waals surface area contributed by atoms with Crippen LogP contribution in [0.4, 0.5) is 0 Å². The van der Waals surface area contributed by atoms with E-state index in [1.54, 1.807) is 0 Å². The average Bonchev–Trinajstić information content (AvgIpc) is 2.92. The second kappa shape index (κ2) is 5.55. The van der Waals surface area contributed by atoms with Gasteiger partial charge in [0.05, 0.1) is 0 Å². The first-order valence-corrected chi connectivity index (χ1v) is 9.10. The van der Waals surface area contributed by atoms with E-state index in [0.29, 0.717) is 16.6 Å². The number of allylic oxidation sites excluding steroid dienone is 1. The zero-order chi connectivity index (χ0) is 16.0. The van der Waals surface area contributed by atoms with Crippen LogP contribution < -0.4 is 0 Å². The van der Waals surface area contributed by atoms with Gasteiger partial charge in [0.1, 0.15) is 0 Å². The Morgan fingerprint density at radius 1 is 1.00 bits per heavy atom. The maximum absolute atomic E-state index is 11.8. The molecule has 4 aliphatic rings. The number of fused-ring (bicyclic) bond motifs is 5. The number of ketones is 1. The van der Waals surface area contributed by atoms with Crippen LogP contribution in [0, 0.1) is 41.4 Å². The highest BCUT2D eigenvalue weighted by molar-refractivity contribution is 5.91. The van der Waals surface area contributed by atoms with Crippen LogP contribution in [-0.2, 0) is 4.79 Å². The third kappa shape index (κ3) is 2.18. The summed E-state index contributed by atoms with van der Waals surface area (Å²) in [6.45, 7) is 5.05. The van der Waals surface area contributed by atoms with Gasteiger partial charge in [-0.1, -0.05) is 25.8 Å². The molecule has 120 valence electrons. The van der Waals surface area contributed by atoms with Gasteiger partial charge >= 0.3 is 0 Å². The standard InChI is InChI=1S/C19H28O.C2H2/c1-18-9-3-4-16(18)15-6-5-13-12-14(20)7-11-19(13,2)17(15)8-10-18;1-2/h12,15-17H,3-11H2,1-2H3;1-2H. The minimum Gasteiger partial charge on any atom is -0.295 e. The number of hydrogen-bond donors (Lipinski definition) is 0. The molecule has 5 atom stereocenters. The van der Waals surface area contributed by atoms with Crippen molar-refractivity contribution in [2.45, 2.75) is 71.6 Å². The lowest BCUT2D eigenvalue weighted by atomic mass is 9.47. The first kappa shape index (κ1) is 15.9. The first-order valence-electron chi connectivity index (χ1n) is 9.10. The van der Waals surface area contributed by atoms with Gasteiger partial charge in [0.15, 0.2) is 5.78 Å². The summed E-state index contributed by atoms with van der Waals surface area (Å²) >= 11 is 0. The van der Waals surface area contributed by atoms with Gasteiger partial charge in [-0.25, -0.2) is 0 Å². The molecule has 0 bridgehead atoms. The first-order chi connectivity index (χ1) is 10.5. The van der Waals surface area contributed by atoms with E-state index >= 15 is 0 Å². The maximum atomic E-state index is 11.8. The normalized spacial score (nSPS) is 46.5. The summed E-state index contributed by atoms with van der Waals surface area (Å²) in [6, 6.07) is 0. The van der Waals surface area contributed by atoms with E-state index in [2.05, 4.69) is 26.7 Å². The number of carbonyl (C=O) groups is 1. The van der Waals surface area contributed by atoms with Gasteiger partial charge in [0.25, 0.3) is 0 Å². The highest BCUT2D eigenvalue weighted by Gasteiger charge is 2.55. The molecule has 0 aliphatic heterocycles. The Balaban J connectivity index is 0.000000693. The SMILES string of the molecule is C#C.CC12CCCC1C1CCC3=CC(=O)CCC3(C)C1CC2. The second-order valence-electron chi connectivity index (χ2n) is 8.55.